The third-order valence-corrected chi connectivity index (χ3v) is 3.74. The summed E-state index contributed by atoms with van der Waals surface area (Å²) in [5.41, 5.74) is 1.55. The Morgan fingerprint density at radius 1 is 1.40 bits per heavy atom. The van der Waals surface area contributed by atoms with Gasteiger partial charge in [-0.15, -0.1) is 11.8 Å². The zero-order valence-corrected chi connectivity index (χ0v) is 13.4. The maximum Gasteiger partial charge on any atom is 0.342 e. The Morgan fingerprint density at radius 3 is 2.60 bits per heavy atom. The second-order valence-electron chi connectivity index (χ2n) is 5.37. The molecule has 1 aromatic rings. The minimum absolute atomic E-state index is 0.0232. The molecule has 5 nitrogen and oxygen atoms in total. The lowest BCUT2D eigenvalue weighted by Gasteiger charge is -2.17. The monoisotopic (exact) mass is 298 g/mol. The highest BCUT2D eigenvalue weighted by Crippen LogP contribution is 2.24. The number of hydrogen-bond donors (Lipinski definition) is 2. The standard InChI is InChI=1S/C14H22N2O3S/c1-6-19-13(18)12-9(2)15-7-10(12)16-11(17)8-20-14(3,4)5/h7,15H,6,8H2,1-5H3,(H,16,17). The fourth-order valence-corrected chi connectivity index (χ4v) is 2.20. The lowest BCUT2D eigenvalue weighted by atomic mass is 10.2. The quantitative estimate of drug-likeness (QED) is 0.820. The Balaban J connectivity index is 2.73. The van der Waals surface area contributed by atoms with Gasteiger partial charge in [-0.3, -0.25) is 4.79 Å². The van der Waals surface area contributed by atoms with Crippen molar-refractivity contribution in [3.05, 3.63) is 17.5 Å². The van der Waals surface area contributed by atoms with Crippen molar-refractivity contribution in [1.82, 2.24) is 4.98 Å². The van der Waals surface area contributed by atoms with Crippen molar-refractivity contribution in [2.75, 3.05) is 17.7 Å². The molecule has 20 heavy (non-hydrogen) atoms. The number of rotatable bonds is 5. The highest BCUT2D eigenvalue weighted by Gasteiger charge is 2.20. The first-order valence-corrected chi connectivity index (χ1v) is 7.52. The molecule has 0 saturated heterocycles. The topological polar surface area (TPSA) is 71.2 Å². The highest BCUT2D eigenvalue weighted by atomic mass is 32.2. The number of thioether (sulfide) groups is 1. The zero-order valence-electron chi connectivity index (χ0n) is 12.6. The van der Waals surface area contributed by atoms with Crippen LogP contribution < -0.4 is 5.32 Å². The number of carbonyl (C=O) groups excluding carboxylic acids is 2. The molecule has 0 aliphatic heterocycles. The van der Waals surface area contributed by atoms with E-state index in [9.17, 15) is 9.59 Å². The van der Waals surface area contributed by atoms with Crippen LogP contribution in [0.25, 0.3) is 0 Å². The van der Waals surface area contributed by atoms with Gasteiger partial charge in [-0.25, -0.2) is 4.79 Å². The molecule has 0 spiro atoms. The molecule has 1 heterocycles. The molecule has 2 N–H and O–H groups in total. The van der Waals surface area contributed by atoms with Crippen molar-refractivity contribution < 1.29 is 14.3 Å². The molecule has 112 valence electrons. The van der Waals surface area contributed by atoms with Crippen molar-refractivity contribution in [2.45, 2.75) is 39.4 Å². The predicted octanol–water partition coefficient (Wildman–Crippen LogP) is 2.97. The van der Waals surface area contributed by atoms with Crippen molar-refractivity contribution in [3.8, 4) is 0 Å². The summed E-state index contributed by atoms with van der Waals surface area (Å²) < 4.78 is 5.01. The number of anilines is 1. The van der Waals surface area contributed by atoms with E-state index < -0.39 is 5.97 Å². The first-order valence-electron chi connectivity index (χ1n) is 6.53. The van der Waals surface area contributed by atoms with Crippen molar-refractivity contribution in [1.29, 1.82) is 0 Å². The highest BCUT2D eigenvalue weighted by molar-refractivity contribution is 8.01. The normalized spacial score (nSPS) is 11.2. The number of ether oxygens (including phenoxy) is 1. The Hall–Kier alpha value is -1.43. The Bertz CT molecular complexity index is 489. The summed E-state index contributed by atoms with van der Waals surface area (Å²) in [4.78, 5) is 26.7. The second-order valence-corrected chi connectivity index (χ2v) is 7.17. The number of aromatic amines is 1. The predicted molar refractivity (Wildman–Crippen MR) is 82.3 cm³/mol. The summed E-state index contributed by atoms with van der Waals surface area (Å²) in [5, 5.41) is 2.75. The molecule has 0 fully saturated rings. The summed E-state index contributed by atoms with van der Waals surface area (Å²) in [6.07, 6.45) is 1.61. The number of carbonyl (C=O) groups is 2. The minimum Gasteiger partial charge on any atom is -0.462 e. The molecule has 1 aromatic heterocycles. The van der Waals surface area contributed by atoms with Crippen LogP contribution in [0.3, 0.4) is 0 Å². The summed E-state index contributed by atoms with van der Waals surface area (Å²) in [6, 6.07) is 0. The van der Waals surface area contributed by atoms with Gasteiger partial charge in [0.15, 0.2) is 0 Å². The smallest absolute Gasteiger partial charge is 0.342 e. The van der Waals surface area contributed by atoms with Crippen LogP contribution in [0.2, 0.25) is 0 Å². The third-order valence-electron chi connectivity index (χ3n) is 2.47. The molecule has 6 heteroatoms. The van der Waals surface area contributed by atoms with E-state index in [0.29, 0.717) is 29.3 Å². The molecule has 0 aliphatic carbocycles. The molecular formula is C14H22N2O3S. The first-order chi connectivity index (χ1) is 9.24. The van der Waals surface area contributed by atoms with Gasteiger partial charge in [0.1, 0.15) is 5.56 Å². The SMILES string of the molecule is CCOC(=O)c1c(NC(=O)CSC(C)(C)C)c[nH]c1C. The Labute approximate surface area is 123 Å². The van der Waals surface area contributed by atoms with Gasteiger partial charge in [-0.05, 0) is 13.8 Å². The molecule has 1 rings (SSSR count). The molecule has 0 atom stereocenters. The Kier molecular flexibility index (Phi) is 5.68. The van der Waals surface area contributed by atoms with E-state index >= 15 is 0 Å². The van der Waals surface area contributed by atoms with E-state index in [2.05, 4.69) is 31.1 Å². The van der Waals surface area contributed by atoms with Gasteiger partial charge < -0.3 is 15.0 Å². The summed E-state index contributed by atoms with van der Waals surface area (Å²) >= 11 is 1.55. The van der Waals surface area contributed by atoms with Crippen molar-refractivity contribution in [3.63, 3.8) is 0 Å². The van der Waals surface area contributed by atoms with Crippen LogP contribution in [0.15, 0.2) is 6.20 Å². The van der Waals surface area contributed by atoms with Crippen LogP contribution in [0, 0.1) is 6.92 Å². The molecule has 0 bridgehead atoms. The second kappa shape index (κ2) is 6.83. The molecule has 0 radical (unpaired) electrons. The Morgan fingerprint density at radius 2 is 2.05 bits per heavy atom. The lowest BCUT2D eigenvalue weighted by molar-refractivity contribution is -0.113. The minimum atomic E-state index is -0.426. The number of nitrogens with one attached hydrogen (secondary N) is 2. The summed E-state index contributed by atoms with van der Waals surface area (Å²) in [5.74, 6) is -0.213. The number of hydrogen-bond acceptors (Lipinski definition) is 4. The number of H-pyrrole nitrogens is 1. The average Bonchev–Trinajstić information content (AvgIpc) is 2.67. The number of amides is 1. The van der Waals surface area contributed by atoms with Crippen LogP contribution >= 0.6 is 11.8 Å². The van der Waals surface area contributed by atoms with Crippen LogP contribution in [0.4, 0.5) is 5.69 Å². The van der Waals surface area contributed by atoms with Gasteiger partial charge in [0.05, 0.1) is 18.0 Å². The summed E-state index contributed by atoms with van der Waals surface area (Å²) in [7, 11) is 0. The van der Waals surface area contributed by atoms with E-state index in [1.807, 2.05) is 0 Å². The van der Waals surface area contributed by atoms with E-state index in [-0.39, 0.29) is 10.7 Å². The number of aromatic nitrogens is 1. The van der Waals surface area contributed by atoms with Gasteiger partial charge in [0.25, 0.3) is 0 Å². The molecule has 0 aromatic carbocycles. The van der Waals surface area contributed by atoms with Crippen molar-refractivity contribution in [2.24, 2.45) is 0 Å². The van der Waals surface area contributed by atoms with Crippen LogP contribution in [0.5, 0.6) is 0 Å². The zero-order chi connectivity index (χ0) is 15.3. The molecule has 0 saturated carbocycles. The lowest BCUT2D eigenvalue weighted by Crippen LogP contribution is -2.20. The van der Waals surface area contributed by atoms with Gasteiger partial charge in [-0.2, -0.15) is 0 Å². The largest absolute Gasteiger partial charge is 0.462 e. The fourth-order valence-electron chi connectivity index (χ4n) is 1.56. The van der Waals surface area contributed by atoms with Crippen LogP contribution in [0.1, 0.15) is 43.7 Å². The maximum absolute atomic E-state index is 11.9. The number of aryl methyl sites for hydroxylation is 1. The van der Waals surface area contributed by atoms with E-state index in [1.165, 1.54) is 0 Å². The van der Waals surface area contributed by atoms with E-state index in [4.69, 9.17) is 4.74 Å². The van der Waals surface area contributed by atoms with Gasteiger partial charge in [-0.1, -0.05) is 20.8 Å². The first kappa shape index (κ1) is 16.6. The fraction of sp³-hybridized carbons (Fsp3) is 0.571. The van der Waals surface area contributed by atoms with Crippen LogP contribution in [-0.2, 0) is 9.53 Å². The molecular weight excluding hydrogens is 276 g/mol. The molecule has 0 aliphatic rings. The van der Waals surface area contributed by atoms with Gasteiger partial charge in [0.2, 0.25) is 5.91 Å². The maximum atomic E-state index is 11.9. The van der Waals surface area contributed by atoms with Gasteiger partial charge in [0, 0.05) is 16.6 Å². The molecule has 0 unspecified atom stereocenters. The average molecular weight is 298 g/mol. The van der Waals surface area contributed by atoms with Gasteiger partial charge >= 0.3 is 5.97 Å². The van der Waals surface area contributed by atoms with E-state index in [1.54, 1.807) is 31.8 Å². The number of esters is 1. The molecule has 1 amide bonds. The third kappa shape index (κ3) is 4.92. The van der Waals surface area contributed by atoms with E-state index in [0.717, 1.165) is 0 Å². The van der Waals surface area contributed by atoms with Crippen molar-refractivity contribution >= 4 is 29.3 Å². The van der Waals surface area contributed by atoms with Crippen LogP contribution in [-0.4, -0.2) is 34.0 Å². The summed E-state index contributed by atoms with van der Waals surface area (Å²) in [6.45, 7) is 9.97.